The van der Waals surface area contributed by atoms with Crippen molar-refractivity contribution >= 4 is 34.6 Å². The number of nitrogens with one attached hydrogen (secondary N) is 2. The molecule has 34 heavy (non-hydrogen) atoms. The van der Waals surface area contributed by atoms with E-state index in [1.54, 1.807) is 24.3 Å². The predicted octanol–water partition coefficient (Wildman–Crippen LogP) is 4.97. The lowest BCUT2D eigenvalue weighted by Crippen LogP contribution is -2.31. The number of amides is 1. The highest BCUT2D eigenvalue weighted by Gasteiger charge is 2.24. The van der Waals surface area contributed by atoms with Crippen LogP contribution in [-0.4, -0.2) is 49.1 Å². The molecule has 0 saturated carbocycles. The molecule has 2 atom stereocenters. The summed E-state index contributed by atoms with van der Waals surface area (Å²) in [4.78, 5) is 17.3. The fourth-order valence-corrected chi connectivity index (χ4v) is 4.30. The molecule has 1 aliphatic rings. The Morgan fingerprint density at radius 2 is 1.76 bits per heavy atom. The van der Waals surface area contributed by atoms with E-state index >= 15 is 0 Å². The summed E-state index contributed by atoms with van der Waals surface area (Å²) in [6.07, 6.45) is 0.0273. The summed E-state index contributed by atoms with van der Waals surface area (Å²) in [7, 11) is 4.22. The number of aliphatic hydroxyl groups is 1. The van der Waals surface area contributed by atoms with Crippen molar-refractivity contribution in [2.24, 2.45) is 0 Å². The molecule has 1 amide bonds. The van der Waals surface area contributed by atoms with Gasteiger partial charge < -0.3 is 25.5 Å². The van der Waals surface area contributed by atoms with E-state index in [1.807, 2.05) is 24.3 Å². The zero-order valence-corrected chi connectivity index (χ0v) is 19.9. The highest BCUT2D eigenvalue weighted by molar-refractivity contribution is 6.31. The quantitative estimate of drug-likeness (QED) is 0.415. The fraction of sp³-hybridized carbons (Fsp3) is 0.269. The van der Waals surface area contributed by atoms with Gasteiger partial charge in [-0.1, -0.05) is 17.7 Å². The predicted molar refractivity (Wildman–Crippen MR) is 135 cm³/mol. The molecule has 0 aliphatic carbocycles. The van der Waals surface area contributed by atoms with E-state index in [4.69, 9.17) is 11.6 Å². The zero-order valence-electron chi connectivity index (χ0n) is 19.1. The lowest BCUT2D eigenvalue weighted by molar-refractivity contribution is 0.102. The Kier molecular flexibility index (Phi) is 7.36. The first-order chi connectivity index (χ1) is 16.3. The van der Waals surface area contributed by atoms with Gasteiger partial charge in [0.1, 0.15) is 5.82 Å². The first-order valence-corrected chi connectivity index (χ1v) is 11.5. The Morgan fingerprint density at radius 3 is 2.38 bits per heavy atom. The molecule has 4 rings (SSSR count). The number of nitrogens with zero attached hydrogens (tertiary/aromatic N) is 2. The monoisotopic (exact) mass is 482 g/mol. The molecular formula is C26H28ClFN4O2. The van der Waals surface area contributed by atoms with Crippen LogP contribution in [0.4, 0.5) is 21.5 Å². The van der Waals surface area contributed by atoms with Gasteiger partial charge in [0.05, 0.1) is 5.02 Å². The minimum Gasteiger partial charge on any atom is -0.370 e. The largest absolute Gasteiger partial charge is 0.370 e. The molecule has 3 N–H and O–H groups in total. The lowest BCUT2D eigenvalue weighted by atomic mass is 10.1. The van der Waals surface area contributed by atoms with Gasteiger partial charge in [-0.3, -0.25) is 4.79 Å². The number of hydrogen-bond acceptors (Lipinski definition) is 5. The van der Waals surface area contributed by atoms with Crippen molar-refractivity contribution in [2.75, 3.05) is 42.7 Å². The molecule has 2 unspecified atom stereocenters. The number of aliphatic hydroxyl groups excluding tert-OH is 1. The smallest absolute Gasteiger partial charge is 0.255 e. The van der Waals surface area contributed by atoms with Crippen LogP contribution in [0.5, 0.6) is 0 Å². The van der Waals surface area contributed by atoms with Crippen LogP contribution in [-0.2, 0) is 0 Å². The maximum atomic E-state index is 13.2. The first kappa shape index (κ1) is 24.0. The number of halogens is 2. The molecule has 8 heteroatoms. The van der Waals surface area contributed by atoms with Crippen molar-refractivity contribution in [3.05, 3.63) is 88.7 Å². The average molecular weight is 483 g/mol. The fourth-order valence-electron chi connectivity index (χ4n) is 4.03. The molecule has 3 aromatic rings. The van der Waals surface area contributed by atoms with E-state index in [2.05, 4.69) is 34.5 Å². The van der Waals surface area contributed by atoms with E-state index in [0.717, 1.165) is 37.0 Å². The summed E-state index contributed by atoms with van der Waals surface area (Å²) in [5.74, 6) is -0.699. The number of benzene rings is 3. The minimum atomic E-state index is -1.12. The maximum absolute atomic E-state index is 13.2. The molecule has 0 radical (unpaired) electrons. The van der Waals surface area contributed by atoms with Crippen LogP contribution in [0.25, 0.3) is 0 Å². The topological polar surface area (TPSA) is 67.8 Å². The van der Waals surface area contributed by atoms with Gasteiger partial charge in [0, 0.05) is 47.3 Å². The van der Waals surface area contributed by atoms with Crippen molar-refractivity contribution < 1.29 is 14.3 Å². The third-order valence-corrected chi connectivity index (χ3v) is 6.42. The summed E-state index contributed by atoms with van der Waals surface area (Å²) >= 11 is 6.00. The third-order valence-electron chi connectivity index (χ3n) is 6.09. The van der Waals surface area contributed by atoms with Crippen LogP contribution in [0.15, 0.2) is 66.7 Å². The second-order valence-electron chi connectivity index (χ2n) is 8.64. The van der Waals surface area contributed by atoms with E-state index in [0.29, 0.717) is 22.9 Å². The Hall–Kier alpha value is -3.13. The number of hydrogen-bond donors (Lipinski definition) is 3. The van der Waals surface area contributed by atoms with Gasteiger partial charge in [-0.05, 0) is 81.2 Å². The Labute approximate surface area is 204 Å². The normalized spacial score (nSPS) is 16.5. The molecule has 3 aromatic carbocycles. The Balaban J connectivity index is 1.34. The van der Waals surface area contributed by atoms with Crippen LogP contribution >= 0.6 is 11.6 Å². The third kappa shape index (κ3) is 5.67. The average Bonchev–Trinajstić information content (AvgIpc) is 3.31. The molecule has 0 spiro atoms. The summed E-state index contributed by atoms with van der Waals surface area (Å²) in [5.41, 5.74) is 3.31. The molecule has 6 nitrogen and oxygen atoms in total. The standard InChI is InChI=1S/C26H28ClFN4O2/c1-31(2)22-13-14-32(16-22)21-10-8-20(9-11-21)29-25(33)17-3-6-19(7-4-17)30-26(34)23-12-5-18(28)15-24(23)27/h3-12,15,22,26,30,34H,13-14,16H2,1-2H3,(H,29,33). The van der Waals surface area contributed by atoms with Gasteiger partial charge in [0.25, 0.3) is 5.91 Å². The van der Waals surface area contributed by atoms with Gasteiger partial charge in [-0.2, -0.15) is 0 Å². The second kappa shape index (κ2) is 10.4. The van der Waals surface area contributed by atoms with Gasteiger partial charge in [-0.15, -0.1) is 0 Å². The van der Waals surface area contributed by atoms with Crippen molar-refractivity contribution in [3.8, 4) is 0 Å². The molecule has 1 heterocycles. The first-order valence-electron chi connectivity index (χ1n) is 11.1. The molecule has 0 bridgehead atoms. The summed E-state index contributed by atoms with van der Waals surface area (Å²) in [5, 5.41) is 16.3. The SMILES string of the molecule is CN(C)C1CCN(c2ccc(NC(=O)c3ccc(NC(O)c4ccc(F)cc4Cl)cc3)cc2)C1. The summed E-state index contributed by atoms with van der Waals surface area (Å²) in [6, 6.07) is 19.0. The van der Waals surface area contributed by atoms with Crippen LogP contribution in [0.3, 0.4) is 0 Å². The highest BCUT2D eigenvalue weighted by atomic mass is 35.5. The number of likely N-dealkylation sites (N-methyl/N-ethyl adjacent to an activating group) is 1. The molecule has 0 aromatic heterocycles. The zero-order chi connectivity index (χ0) is 24.2. The summed E-state index contributed by atoms with van der Waals surface area (Å²) in [6.45, 7) is 2.03. The van der Waals surface area contributed by atoms with E-state index < -0.39 is 12.0 Å². The number of anilines is 3. The molecule has 1 aliphatic heterocycles. The van der Waals surface area contributed by atoms with Crippen molar-refractivity contribution in [2.45, 2.75) is 18.7 Å². The Bertz CT molecular complexity index is 1140. The maximum Gasteiger partial charge on any atom is 0.255 e. The van der Waals surface area contributed by atoms with Gasteiger partial charge in [0.15, 0.2) is 6.23 Å². The van der Waals surface area contributed by atoms with Crippen molar-refractivity contribution in [1.82, 2.24) is 4.90 Å². The molecule has 1 fully saturated rings. The van der Waals surface area contributed by atoms with Gasteiger partial charge >= 0.3 is 0 Å². The lowest BCUT2D eigenvalue weighted by Gasteiger charge is -2.22. The van der Waals surface area contributed by atoms with Crippen molar-refractivity contribution in [3.63, 3.8) is 0 Å². The second-order valence-corrected chi connectivity index (χ2v) is 9.05. The van der Waals surface area contributed by atoms with Gasteiger partial charge in [-0.25, -0.2) is 4.39 Å². The number of carbonyl (C=O) groups excluding carboxylic acids is 1. The molecule has 1 saturated heterocycles. The van der Waals surface area contributed by atoms with E-state index in [1.165, 1.54) is 12.1 Å². The van der Waals surface area contributed by atoms with Crippen LogP contribution in [0, 0.1) is 5.82 Å². The Morgan fingerprint density at radius 1 is 1.09 bits per heavy atom. The summed E-state index contributed by atoms with van der Waals surface area (Å²) < 4.78 is 13.2. The molecule has 178 valence electrons. The van der Waals surface area contributed by atoms with Crippen LogP contribution in [0.2, 0.25) is 5.02 Å². The van der Waals surface area contributed by atoms with Crippen LogP contribution < -0.4 is 15.5 Å². The van der Waals surface area contributed by atoms with Gasteiger partial charge in [0.2, 0.25) is 0 Å². The number of carbonyl (C=O) groups is 1. The molecular weight excluding hydrogens is 455 g/mol. The van der Waals surface area contributed by atoms with Crippen molar-refractivity contribution in [1.29, 1.82) is 0 Å². The van der Waals surface area contributed by atoms with E-state index in [9.17, 15) is 14.3 Å². The minimum absolute atomic E-state index is 0.129. The number of rotatable bonds is 7. The van der Waals surface area contributed by atoms with E-state index in [-0.39, 0.29) is 10.9 Å². The van der Waals surface area contributed by atoms with Crippen LogP contribution in [0.1, 0.15) is 28.6 Å². The highest BCUT2D eigenvalue weighted by Crippen LogP contribution is 2.26.